The predicted octanol–water partition coefficient (Wildman–Crippen LogP) is 2.24. The number of carbonyl (C=O) groups excluding carboxylic acids is 1. The predicted molar refractivity (Wildman–Crippen MR) is 68.9 cm³/mol. The fraction of sp³-hybridized carbons (Fsp3) is 0.214. The lowest BCUT2D eigenvalue weighted by Crippen LogP contribution is -2.11. The Bertz CT molecular complexity index is 531. The van der Waals surface area contributed by atoms with Gasteiger partial charge in [0.25, 0.3) is 0 Å². The van der Waals surface area contributed by atoms with Crippen molar-refractivity contribution in [2.75, 3.05) is 19.0 Å². The second-order valence-corrected chi connectivity index (χ2v) is 4.23. The summed E-state index contributed by atoms with van der Waals surface area (Å²) >= 11 is 0. The van der Waals surface area contributed by atoms with Crippen LogP contribution in [0.4, 0.5) is 5.88 Å². The van der Waals surface area contributed by atoms with E-state index in [1.165, 1.54) is 0 Å². The summed E-state index contributed by atoms with van der Waals surface area (Å²) < 4.78 is 5.37. The molecule has 1 atom stereocenters. The Hall–Kier alpha value is -2.07. The van der Waals surface area contributed by atoms with Gasteiger partial charge in [0.2, 0.25) is 5.88 Å². The molecule has 4 heteroatoms. The van der Waals surface area contributed by atoms with Crippen molar-refractivity contribution in [3.05, 3.63) is 53.3 Å². The van der Waals surface area contributed by atoms with Crippen LogP contribution in [-0.4, -0.2) is 25.5 Å². The summed E-state index contributed by atoms with van der Waals surface area (Å²) in [4.78, 5) is 12.5. The molecule has 0 fully saturated rings. The fourth-order valence-electron chi connectivity index (χ4n) is 1.83. The SMILES string of the molecule is CN(C)c1oc(C=O)cc1C(O)c1ccccc1. The molecule has 0 aliphatic heterocycles. The maximum absolute atomic E-state index is 10.8. The summed E-state index contributed by atoms with van der Waals surface area (Å²) in [6.45, 7) is 0. The number of hydrogen-bond acceptors (Lipinski definition) is 4. The van der Waals surface area contributed by atoms with E-state index in [2.05, 4.69) is 0 Å². The first kappa shape index (κ1) is 12.4. The van der Waals surface area contributed by atoms with E-state index in [9.17, 15) is 9.90 Å². The number of nitrogens with zero attached hydrogens (tertiary/aromatic N) is 1. The maximum Gasteiger partial charge on any atom is 0.202 e. The van der Waals surface area contributed by atoms with E-state index in [0.717, 1.165) is 5.56 Å². The Balaban J connectivity index is 2.43. The lowest BCUT2D eigenvalue weighted by molar-refractivity contribution is 0.110. The van der Waals surface area contributed by atoms with Gasteiger partial charge in [-0.15, -0.1) is 0 Å². The van der Waals surface area contributed by atoms with Crippen molar-refractivity contribution in [2.45, 2.75) is 6.10 Å². The summed E-state index contributed by atoms with van der Waals surface area (Å²) in [6.07, 6.45) is -0.171. The van der Waals surface area contributed by atoms with Crippen molar-refractivity contribution < 1.29 is 14.3 Å². The van der Waals surface area contributed by atoms with Gasteiger partial charge in [0.15, 0.2) is 12.0 Å². The van der Waals surface area contributed by atoms with Gasteiger partial charge < -0.3 is 14.4 Å². The molecule has 0 bridgehead atoms. The minimum Gasteiger partial charge on any atom is -0.437 e. The van der Waals surface area contributed by atoms with Gasteiger partial charge in [0, 0.05) is 19.7 Å². The van der Waals surface area contributed by atoms with Gasteiger partial charge in [0.1, 0.15) is 6.10 Å². The summed E-state index contributed by atoms with van der Waals surface area (Å²) in [6, 6.07) is 10.8. The van der Waals surface area contributed by atoms with Crippen LogP contribution in [0.3, 0.4) is 0 Å². The normalized spacial score (nSPS) is 12.2. The number of furan rings is 1. The van der Waals surface area contributed by atoms with E-state index in [0.29, 0.717) is 17.7 Å². The molecule has 1 unspecified atom stereocenters. The van der Waals surface area contributed by atoms with Crippen molar-refractivity contribution in [2.24, 2.45) is 0 Å². The monoisotopic (exact) mass is 245 g/mol. The molecule has 0 spiro atoms. The number of aliphatic hydroxyl groups excluding tert-OH is 1. The summed E-state index contributed by atoms with van der Waals surface area (Å²) in [5.41, 5.74) is 1.35. The number of hydrogen-bond donors (Lipinski definition) is 1. The van der Waals surface area contributed by atoms with Crippen molar-refractivity contribution in [1.29, 1.82) is 0 Å². The molecule has 1 N–H and O–H groups in total. The average Bonchev–Trinajstić information content (AvgIpc) is 2.83. The molecule has 0 amide bonds. The molecular weight excluding hydrogens is 230 g/mol. The number of anilines is 1. The highest BCUT2D eigenvalue weighted by molar-refractivity contribution is 5.73. The van der Waals surface area contributed by atoms with Crippen LogP contribution in [-0.2, 0) is 0 Å². The van der Waals surface area contributed by atoms with Crippen LogP contribution in [0.1, 0.15) is 27.8 Å². The van der Waals surface area contributed by atoms with Gasteiger partial charge in [0.05, 0.1) is 0 Å². The largest absolute Gasteiger partial charge is 0.437 e. The van der Waals surface area contributed by atoms with Crippen LogP contribution in [0.2, 0.25) is 0 Å². The first-order valence-corrected chi connectivity index (χ1v) is 5.62. The topological polar surface area (TPSA) is 53.7 Å². The van der Waals surface area contributed by atoms with Crippen molar-refractivity contribution >= 4 is 12.2 Å². The van der Waals surface area contributed by atoms with Gasteiger partial charge in [-0.2, -0.15) is 0 Å². The minimum absolute atomic E-state index is 0.212. The molecule has 1 heterocycles. The first-order valence-electron chi connectivity index (χ1n) is 5.62. The van der Waals surface area contributed by atoms with Crippen molar-refractivity contribution in [3.63, 3.8) is 0 Å². The quantitative estimate of drug-likeness (QED) is 0.839. The van der Waals surface area contributed by atoms with E-state index in [1.54, 1.807) is 25.1 Å². The van der Waals surface area contributed by atoms with Crippen LogP contribution in [0.15, 0.2) is 40.8 Å². The molecule has 1 aromatic heterocycles. The zero-order valence-electron chi connectivity index (χ0n) is 10.3. The molecule has 2 aromatic rings. The Morgan fingerprint density at radius 3 is 2.50 bits per heavy atom. The molecule has 0 radical (unpaired) electrons. The van der Waals surface area contributed by atoms with Crippen LogP contribution >= 0.6 is 0 Å². The molecule has 0 saturated heterocycles. The van der Waals surface area contributed by atoms with E-state index in [1.807, 2.05) is 30.3 Å². The Morgan fingerprint density at radius 1 is 1.28 bits per heavy atom. The maximum atomic E-state index is 10.8. The molecule has 2 rings (SSSR count). The lowest BCUT2D eigenvalue weighted by atomic mass is 10.0. The van der Waals surface area contributed by atoms with Crippen LogP contribution in [0.5, 0.6) is 0 Å². The lowest BCUT2D eigenvalue weighted by Gasteiger charge is -2.15. The van der Waals surface area contributed by atoms with Gasteiger partial charge >= 0.3 is 0 Å². The van der Waals surface area contributed by atoms with Crippen LogP contribution in [0, 0.1) is 0 Å². The molecule has 4 nitrogen and oxygen atoms in total. The number of carbonyl (C=O) groups is 1. The molecule has 1 aromatic carbocycles. The van der Waals surface area contributed by atoms with E-state index >= 15 is 0 Å². The standard InChI is InChI=1S/C14H15NO3/c1-15(2)14-12(8-11(9-16)18-14)13(17)10-6-4-3-5-7-10/h3-9,13,17H,1-2H3. The highest BCUT2D eigenvalue weighted by Crippen LogP contribution is 2.32. The Morgan fingerprint density at radius 2 is 1.94 bits per heavy atom. The summed E-state index contributed by atoms with van der Waals surface area (Å²) in [7, 11) is 3.60. The van der Waals surface area contributed by atoms with Gasteiger partial charge in [-0.25, -0.2) is 0 Å². The number of rotatable bonds is 4. The van der Waals surface area contributed by atoms with E-state index in [-0.39, 0.29) is 5.76 Å². The zero-order valence-corrected chi connectivity index (χ0v) is 10.3. The Kier molecular flexibility index (Phi) is 3.48. The van der Waals surface area contributed by atoms with Crippen LogP contribution < -0.4 is 4.90 Å². The number of aliphatic hydroxyl groups is 1. The van der Waals surface area contributed by atoms with Crippen molar-refractivity contribution in [3.8, 4) is 0 Å². The first-order chi connectivity index (χ1) is 8.63. The van der Waals surface area contributed by atoms with E-state index in [4.69, 9.17) is 4.42 Å². The smallest absolute Gasteiger partial charge is 0.202 e. The molecule has 94 valence electrons. The van der Waals surface area contributed by atoms with Gasteiger partial charge in [-0.1, -0.05) is 30.3 Å². The zero-order chi connectivity index (χ0) is 13.1. The third kappa shape index (κ3) is 2.28. The average molecular weight is 245 g/mol. The second-order valence-electron chi connectivity index (χ2n) is 4.23. The highest BCUT2D eigenvalue weighted by Gasteiger charge is 2.20. The Labute approximate surface area is 105 Å². The third-order valence-electron chi connectivity index (χ3n) is 2.69. The molecule has 0 saturated carbocycles. The third-order valence-corrected chi connectivity index (χ3v) is 2.69. The second kappa shape index (κ2) is 5.06. The molecule has 0 aliphatic carbocycles. The fourth-order valence-corrected chi connectivity index (χ4v) is 1.83. The van der Waals surface area contributed by atoms with Crippen molar-refractivity contribution in [1.82, 2.24) is 0 Å². The van der Waals surface area contributed by atoms with Gasteiger partial charge in [-0.3, -0.25) is 4.79 Å². The molecule has 0 aliphatic rings. The van der Waals surface area contributed by atoms with Crippen LogP contribution in [0.25, 0.3) is 0 Å². The molecular formula is C14H15NO3. The minimum atomic E-state index is -0.805. The van der Waals surface area contributed by atoms with E-state index < -0.39 is 6.10 Å². The highest BCUT2D eigenvalue weighted by atomic mass is 16.4. The number of benzene rings is 1. The van der Waals surface area contributed by atoms with Gasteiger partial charge in [-0.05, 0) is 11.6 Å². The molecule has 18 heavy (non-hydrogen) atoms. The number of aldehydes is 1. The summed E-state index contributed by atoms with van der Waals surface area (Å²) in [5, 5.41) is 10.3. The summed E-state index contributed by atoms with van der Waals surface area (Å²) in [5.74, 6) is 0.706.